The fraction of sp³-hybridized carbons (Fsp3) is 0.333. The first-order chi connectivity index (χ1) is 12.5. The fourth-order valence-corrected chi connectivity index (χ4v) is 2.20. The van der Waals surface area contributed by atoms with Gasteiger partial charge in [-0.15, -0.1) is 10.2 Å². The van der Waals surface area contributed by atoms with Gasteiger partial charge < -0.3 is 20.3 Å². The van der Waals surface area contributed by atoms with Gasteiger partial charge in [0.2, 0.25) is 0 Å². The van der Waals surface area contributed by atoms with Crippen LogP contribution in [-0.4, -0.2) is 61.3 Å². The monoisotopic (exact) mass is 357 g/mol. The zero-order valence-corrected chi connectivity index (χ0v) is 15.2. The lowest BCUT2D eigenvalue weighted by Gasteiger charge is -2.10. The zero-order chi connectivity index (χ0) is 18.9. The molecule has 1 aromatic heterocycles. The highest BCUT2D eigenvalue weighted by molar-refractivity contribution is 5.92. The molecule has 0 aliphatic carbocycles. The van der Waals surface area contributed by atoms with Crippen LogP contribution in [0.4, 0.5) is 11.5 Å². The van der Waals surface area contributed by atoms with E-state index in [2.05, 4.69) is 25.7 Å². The predicted octanol–water partition coefficient (Wildman–Crippen LogP) is 1.69. The number of esters is 1. The maximum absolute atomic E-state index is 12.0. The average molecular weight is 357 g/mol. The lowest BCUT2D eigenvalue weighted by Crippen LogP contribution is -2.28. The summed E-state index contributed by atoms with van der Waals surface area (Å²) >= 11 is 0. The van der Waals surface area contributed by atoms with E-state index < -0.39 is 5.97 Å². The van der Waals surface area contributed by atoms with Crippen molar-refractivity contribution in [2.45, 2.75) is 6.42 Å². The van der Waals surface area contributed by atoms with Crippen molar-refractivity contribution >= 4 is 23.4 Å². The van der Waals surface area contributed by atoms with Crippen LogP contribution in [0.2, 0.25) is 0 Å². The van der Waals surface area contributed by atoms with Gasteiger partial charge >= 0.3 is 5.97 Å². The molecular formula is C18H23N5O3. The van der Waals surface area contributed by atoms with Crippen LogP contribution < -0.4 is 10.6 Å². The largest absolute Gasteiger partial charge is 0.465 e. The van der Waals surface area contributed by atoms with Gasteiger partial charge in [0.1, 0.15) is 0 Å². The molecule has 2 rings (SSSR count). The van der Waals surface area contributed by atoms with Gasteiger partial charge in [-0.3, -0.25) is 4.79 Å². The second-order valence-electron chi connectivity index (χ2n) is 5.91. The molecule has 0 fully saturated rings. The molecule has 0 saturated heterocycles. The minimum atomic E-state index is -0.416. The molecule has 0 bridgehead atoms. The molecule has 0 aliphatic rings. The first-order valence-electron chi connectivity index (χ1n) is 8.21. The van der Waals surface area contributed by atoms with Crippen molar-refractivity contribution in [3.8, 4) is 0 Å². The second-order valence-corrected chi connectivity index (χ2v) is 5.91. The number of aromatic nitrogens is 2. The molecule has 1 heterocycles. The molecule has 0 spiro atoms. The fourth-order valence-electron chi connectivity index (χ4n) is 2.20. The summed E-state index contributed by atoms with van der Waals surface area (Å²) in [4.78, 5) is 25.6. The molecule has 0 atom stereocenters. The number of nitrogens with one attached hydrogen (secondary N) is 2. The molecule has 0 saturated carbocycles. The Kier molecular flexibility index (Phi) is 7.04. The number of hydrogen-bond acceptors (Lipinski definition) is 7. The number of benzene rings is 1. The Bertz CT molecular complexity index is 747. The van der Waals surface area contributed by atoms with E-state index in [-0.39, 0.29) is 11.6 Å². The third-order valence-electron chi connectivity index (χ3n) is 3.52. The summed E-state index contributed by atoms with van der Waals surface area (Å²) in [5, 5.41) is 13.8. The summed E-state index contributed by atoms with van der Waals surface area (Å²) in [6.07, 6.45) is 0.863. The Morgan fingerprint density at radius 1 is 1.15 bits per heavy atom. The first-order valence-corrected chi connectivity index (χ1v) is 8.21. The van der Waals surface area contributed by atoms with E-state index in [1.807, 2.05) is 14.1 Å². The summed E-state index contributed by atoms with van der Waals surface area (Å²) in [6.45, 7) is 1.48. The number of carbonyl (C=O) groups excluding carboxylic acids is 2. The minimum absolute atomic E-state index is 0.253. The Balaban J connectivity index is 1.93. The molecule has 1 amide bonds. The van der Waals surface area contributed by atoms with Crippen LogP contribution in [-0.2, 0) is 4.74 Å². The van der Waals surface area contributed by atoms with Crippen molar-refractivity contribution < 1.29 is 14.3 Å². The van der Waals surface area contributed by atoms with Crippen LogP contribution in [0.3, 0.4) is 0 Å². The number of amides is 1. The number of rotatable bonds is 8. The zero-order valence-electron chi connectivity index (χ0n) is 15.2. The molecule has 2 N–H and O–H groups in total. The Morgan fingerprint density at radius 2 is 1.96 bits per heavy atom. The molecule has 8 nitrogen and oxygen atoms in total. The molecule has 138 valence electrons. The van der Waals surface area contributed by atoms with Crippen LogP contribution in [0.5, 0.6) is 0 Å². The number of hydrogen-bond donors (Lipinski definition) is 2. The Hall–Kier alpha value is -3.00. The van der Waals surface area contributed by atoms with Gasteiger partial charge in [0, 0.05) is 12.2 Å². The highest BCUT2D eigenvalue weighted by Gasteiger charge is 2.09. The SMILES string of the molecule is COC(=O)c1cccc(Nc2ccc(C(=O)NCCCN(C)C)nn2)c1. The van der Waals surface area contributed by atoms with Crippen molar-refractivity contribution in [1.29, 1.82) is 0 Å². The smallest absolute Gasteiger partial charge is 0.337 e. The molecule has 0 radical (unpaired) electrons. The van der Waals surface area contributed by atoms with E-state index in [1.165, 1.54) is 7.11 Å². The van der Waals surface area contributed by atoms with Crippen LogP contribution in [0.15, 0.2) is 36.4 Å². The number of methoxy groups -OCH3 is 1. The van der Waals surface area contributed by atoms with Crippen molar-refractivity contribution in [3.63, 3.8) is 0 Å². The maximum Gasteiger partial charge on any atom is 0.337 e. The van der Waals surface area contributed by atoms with E-state index in [0.717, 1.165) is 13.0 Å². The molecule has 1 aromatic carbocycles. The summed E-state index contributed by atoms with van der Waals surface area (Å²) in [7, 11) is 5.30. The molecular weight excluding hydrogens is 334 g/mol. The maximum atomic E-state index is 12.0. The van der Waals surface area contributed by atoms with Gasteiger partial charge in [0.05, 0.1) is 12.7 Å². The second kappa shape index (κ2) is 9.47. The van der Waals surface area contributed by atoms with Crippen molar-refractivity contribution in [1.82, 2.24) is 20.4 Å². The third-order valence-corrected chi connectivity index (χ3v) is 3.52. The van der Waals surface area contributed by atoms with E-state index >= 15 is 0 Å². The van der Waals surface area contributed by atoms with Crippen molar-refractivity contribution in [3.05, 3.63) is 47.7 Å². The van der Waals surface area contributed by atoms with Crippen molar-refractivity contribution in [2.24, 2.45) is 0 Å². The van der Waals surface area contributed by atoms with Gasteiger partial charge in [-0.05, 0) is 57.4 Å². The molecule has 26 heavy (non-hydrogen) atoms. The van der Waals surface area contributed by atoms with Crippen molar-refractivity contribution in [2.75, 3.05) is 39.6 Å². The predicted molar refractivity (Wildman–Crippen MR) is 98.6 cm³/mol. The quantitative estimate of drug-likeness (QED) is 0.548. The number of carbonyl (C=O) groups is 2. The number of ether oxygens (including phenoxy) is 1. The van der Waals surface area contributed by atoms with Crippen LogP contribution in [0, 0.1) is 0 Å². The standard InChI is InChI=1S/C18H23N5O3/c1-23(2)11-5-10-19-17(24)15-8-9-16(22-21-15)20-14-7-4-6-13(12-14)18(25)26-3/h4,6-9,12H,5,10-11H2,1-3H3,(H,19,24)(H,20,22). The topological polar surface area (TPSA) is 96.4 Å². The number of nitrogens with zero attached hydrogens (tertiary/aromatic N) is 3. The summed E-state index contributed by atoms with van der Waals surface area (Å²) in [5.41, 5.74) is 1.35. The van der Waals surface area contributed by atoms with Gasteiger partial charge in [0.15, 0.2) is 11.5 Å². The minimum Gasteiger partial charge on any atom is -0.465 e. The van der Waals surface area contributed by atoms with E-state index in [0.29, 0.717) is 23.6 Å². The average Bonchev–Trinajstić information content (AvgIpc) is 2.65. The Morgan fingerprint density at radius 3 is 2.62 bits per heavy atom. The highest BCUT2D eigenvalue weighted by Crippen LogP contribution is 2.16. The summed E-state index contributed by atoms with van der Waals surface area (Å²) in [6, 6.07) is 10.1. The van der Waals surface area contributed by atoms with E-state index in [4.69, 9.17) is 4.74 Å². The Labute approximate surface area is 152 Å². The lowest BCUT2D eigenvalue weighted by molar-refractivity contribution is 0.0600. The summed E-state index contributed by atoms with van der Waals surface area (Å²) < 4.78 is 4.70. The van der Waals surface area contributed by atoms with Crippen LogP contribution >= 0.6 is 0 Å². The van der Waals surface area contributed by atoms with Gasteiger partial charge in [0.25, 0.3) is 5.91 Å². The van der Waals surface area contributed by atoms with Crippen LogP contribution in [0.1, 0.15) is 27.3 Å². The molecule has 2 aromatic rings. The van der Waals surface area contributed by atoms with Crippen LogP contribution in [0.25, 0.3) is 0 Å². The van der Waals surface area contributed by atoms with Gasteiger partial charge in [-0.1, -0.05) is 6.07 Å². The van der Waals surface area contributed by atoms with E-state index in [1.54, 1.807) is 36.4 Å². The lowest BCUT2D eigenvalue weighted by atomic mass is 10.2. The molecule has 0 aliphatic heterocycles. The van der Waals surface area contributed by atoms with Gasteiger partial charge in [-0.2, -0.15) is 0 Å². The first kappa shape index (κ1) is 19.3. The normalized spacial score (nSPS) is 10.5. The summed E-state index contributed by atoms with van der Waals surface area (Å²) in [5.74, 6) is -0.201. The van der Waals surface area contributed by atoms with Gasteiger partial charge in [-0.25, -0.2) is 4.79 Å². The number of anilines is 2. The third kappa shape index (κ3) is 5.82. The molecule has 0 unspecified atom stereocenters. The molecule has 8 heteroatoms. The highest BCUT2D eigenvalue weighted by atomic mass is 16.5. The van der Waals surface area contributed by atoms with E-state index in [9.17, 15) is 9.59 Å².